The van der Waals surface area contributed by atoms with Gasteiger partial charge in [0, 0.05) is 39.1 Å². The van der Waals surface area contributed by atoms with E-state index in [9.17, 15) is 14.9 Å². The number of carbonyl (C=O) groups excluding carboxylic acids is 1. The zero-order valence-electron chi connectivity index (χ0n) is 11.0. The summed E-state index contributed by atoms with van der Waals surface area (Å²) >= 11 is 1.51. The predicted octanol–water partition coefficient (Wildman–Crippen LogP) is 4.23. The molecule has 0 spiro atoms. The molecule has 0 aliphatic heterocycles. The van der Waals surface area contributed by atoms with E-state index in [1.165, 1.54) is 17.4 Å². The average molecular weight is 297 g/mol. The lowest BCUT2D eigenvalue weighted by atomic mass is 10.0. The van der Waals surface area contributed by atoms with Crippen molar-refractivity contribution in [1.29, 1.82) is 0 Å². The minimum atomic E-state index is -0.450. The molecule has 0 atom stereocenters. The molecule has 0 unspecified atom stereocenters. The quantitative estimate of drug-likeness (QED) is 0.411. The van der Waals surface area contributed by atoms with Crippen LogP contribution in [0.1, 0.15) is 15.9 Å². The number of ketones is 1. The minimum absolute atomic E-state index is 0.00890. The number of rotatable bonds is 4. The van der Waals surface area contributed by atoms with Crippen LogP contribution in [-0.2, 0) is 6.42 Å². The van der Waals surface area contributed by atoms with Crippen molar-refractivity contribution in [2.45, 2.75) is 6.42 Å². The van der Waals surface area contributed by atoms with Crippen LogP contribution < -0.4 is 0 Å². The summed E-state index contributed by atoms with van der Waals surface area (Å²) in [6, 6.07) is 14.0. The molecule has 0 radical (unpaired) electrons. The third-order valence-electron chi connectivity index (χ3n) is 3.32. The zero-order chi connectivity index (χ0) is 14.8. The Hall–Kier alpha value is -2.53. The first-order valence-electron chi connectivity index (χ1n) is 6.38. The number of para-hydroxylation sites is 1. The molecule has 0 aliphatic carbocycles. The first kappa shape index (κ1) is 13.5. The summed E-state index contributed by atoms with van der Waals surface area (Å²) in [6.45, 7) is 0. The van der Waals surface area contributed by atoms with Crippen LogP contribution in [0.25, 0.3) is 10.1 Å². The highest BCUT2D eigenvalue weighted by Crippen LogP contribution is 2.28. The SMILES string of the molecule is O=C(Cc1ccccc1[N+](=O)[O-])c1csc2ccccc12. The van der Waals surface area contributed by atoms with E-state index in [0.29, 0.717) is 11.1 Å². The van der Waals surface area contributed by atoms with E-state index in [1.54, 1.807) is 18.2 Å². The molecular formula is C16H11NO3S. The second-order valence-corrected chi connectivity index (χ2v) is 5.54. The number of carbonyl (C=O) groups is 1. The van der Waals surface area contributed by atoms with Crippen LogP contribution in [0.2, 0.25) is 0 Å². The Bertz CT molecular complexity index is 838. The van der Waals surface area contributed by atoms with E-state index in [0.717, 1.165) is 10.1 Å². The minimum Gasteiger partial charge on any atom is -0.294 e. The summed E-state index contributed by atoms with van der Waals surface area (Å²) in [5.41, 5.74) is 1.07. The van der Waals surface area contributed by atoms with E-state index in [2.05, 4.69) is 0 Å². The van der Waals surface area contributed by atoms with Gasteiger partial charge >= 0.3 is 0 Å². The molecule has 1 aromatic heterocycles. The Morgan fingerprint density at radius 3 is 2.62 bits per heavy atom. The van der Waals surface area contributed by atoms with Gasteiger partial charge in [0.25, 0.3) is 5.69 Å². The van der Waals surface area contributed by atoms with Gasteiger partial charge < -0.3 is 0 Å². The second kappa shape index (κ2) is 5.46. The number of benzene rings is 2. The van der Waals surface area contributed by atoms with Crippen molar-refractivity contribution in [2.24, 2.45) is 0 Å². The first-order valence-corrected chi connectivity index (χ1v) is 7.26. The van der Waals surface area contributed by atoms with Crippen LogP contribution >= 0.6 is 11.3 Å². The molecule has 2 aromatic carbocycles. The largest absolute Gasteiger partial charge is 0.294 e. The summed E-state index contributed by atoms with van der Waals surface area (Å²) < 4.78 is 1.04. The summed E-state index contributed by atoms with van der Waals surface area (Å²) in [6.07, 6.45) is 0.0396. The van der Waals surface area contributed by atoms with Gasteiger partial charge in [-0.3, -0.25) is 14.9 Å². The normalized spacial score (nSPS) is 10.7. The Morgan fingerprint density at radius 2 is 1.81 bits per heavy atom. The molecule has 0 aliphatic rings. The van der Waals surface area contributed by atoms with Crippen LogP contribution in [0.4, 0.5) is 5.69 Å². The van der Waals surface area contributed by atoms with Crippen molar-refractivity contribution >= 4 is 32.9 Å². The fourth-order valence-electron chi connectivity index (χ4n) is 2.30. The van der Waals surface area contributed by atoms with E-state index in [-0.39, 0.29) is 17.9 Å². The maximum atomic E-state index is 12.4. The molecule has 5 heteroatoms. The highest BCUT2D eigenvalue weighted by atomic mass is 32.1. The molecule has 0 N–H and O–H groups in total. The Labute approximate surface area is 124 Å². The molecule has 1 heterocycles. The van der Waals surface area contributed by atoms with Crippen molar-refractivity contribution in [3.63, 3.8) is 0 Å². The summed E-state index contributed by atoms with van der Waals surface area (Å²) in [5.74, 6) is -0.0956. The molecule has 104 valence electrons. The standard InChI is InChI=1S/C16H11NO3S/c18-15(9-11-5-1-3-7-14(11)17(19)20)13-10-21-16-8-4-2-6-12(13)16/h1-8,10H,9H2. The highest BCUT2D eigenvalue weighted by Gasteiger charge is 2.18. The van der Waals surface area contributed by atoms with E-state index in [1.807, 2.05) is 29.6 Å². The van der Waals surface area contributed by atoms with E-state index >= 15 is 0 Å². The van der Waals surface area contributed by atoms with Crippen molar-refractivity contribution in [3.8, 4) is 0 Å². The summed E-state index contributed by atoms with van der Waals surface area (Å²) in [5, 5.41) is 13.7. The maximum absolute atomic E-state index is 12.4. The van der Waals surface area contributed by atoms with Crippen molar-refractivity contribution < 1.29 is 9.72 Å². The Morgan fingerprint density at radius 1 is 1.10 bits per heavy atom. The topological polar surface area (TPSA) is 60.2 Å². The van der Waals surface area contributed by atoms with Gasteiger partial charge in [-0.1, -0.05) is 36.4 Å². The smallest absolute Gasteiger partial charge is 0.273 e. The summed E-state index contributed by atoms with van der Waals surface area (Å²) in [7, 11) is 0. The fraction of sp³-hybridized carbons (Fsp3) is 0.0625. The van der Waals surface area contributed by atoms with Crippen LogP contribution in [0.15, 0.2) is 53.9 Å². The number of nitro benzene ring substituents is 1. The number of thiophene rings is 1. The third kappa shape index (κ3) is 2.55. The molecule has 0 fully saturated rings. The lowest BCUT2D eigenvalue weighted by Crippen LogP contribution is -2.05. The van der Waals surface area contributed by atoms with Gasteiger partial charge in [-0.15, -0.1) is 11.3 Å². The molecule has 0 amide bonds. The highest BCUT2D eigenvalue weighted by molar-refractivity contribution is 7.17. The van der Waals surface area contributed by atoms with E-state index < -0.39 is 4.92 Å². The van der Waals surface area contributed by atoms with Gasteiger partial charge in [0.05, 0.1) is 4.92 Å². The van der Waals surface area contributed by atoms with E-state index in [4.69, 9.17) is 0 Å². The fourth-order valence-corrected chi connectivity index (χ4v) is 3.27. The number of hydrogen-bond donors (Lipinski definition) is 0. The molecule has 0 saturated heterocycles. The number of Topliss-reactive ketones (excluding diaryl/α,β-unsaturated/α-hetero) is 1. The molecule has 3 aromatic rings. The van der Waals surface area contributed by atoms with Gasteiger partial charge in [0.15, 0.2) is 5.78 Å². The molecular weight excluding hydrogens is 286 g/mol. The zero-order valence-corrected chi connectivity index (χ0v) is 11.8. The van der Waals surface area contributed by atoms with Crippen molar-refractivity contribution in [1.82, 2.24) is 0 Å². The van der Waals surface area contributed by atoms with Crippen LogP contribution in [0.3, 0.4) is 0 Å². The predicted molar refractivity (Wildman–Crippen MR) is 83.0 cm³/mol. The van der Waals surface area contributed by atoms with Gasteiger partial charge in [-0.05, 0) is 6.07 Å². The van der Waals surface area contributed by atoms with Crippen LogP contribution in [0, 0.1) is 10.1 Å². The van der Waals surface area contributed by atoms with Crippen LogP contribution in [-0.4, -0.2) is 10.7 Å². The monoisotopic (exact) mass is 297 g/mol. The van der Waals surface area contributed by atoms with Gasteiger partial charge in [0.1, 0.15) is 0 Å². The molecule has 4 nitrogen and oxygen atoms in total. The second-order valence-electron chi connectivity index (χ2n) is 4.63. The maximum Gasteiger partial charge on any atom is 0.273 e. The van der Waals surface area contributed by atoms with Gasteiger partial charge in [0.2, 0.25) is 0 Å². The van der Waals surface area contributed by atoms with Gasteiger partial charge in [-0.2, -0.15) is 0 Å². The van der Waals surface area contributed by atoms with Crippen LogP contribution in [0.5, 0.6) is 0 Å². The summed E-state index contributed by atoms with van der Waals surface area (Å²) in [4.78, 5) is 23.0. The number of nitrogens with zero attached hydrogens (tertiary/aromatic N) is 1. The molecule has 0 bridgehead atoms. The number of fused-ring (bicyclic) bond motifs is 1. The Balaban J connectivity index is 1.96. The first-order chi connectivity index (χ1) is 10.2. The lowest BCUT2D eigenvalue weighted by Gasteiger charge is -2.02. The molecule has 0 saturated carbocycles. The third-order valence-corrected chi connectivity index (χ3v) is 4.28. The molecule has 21 heavy (non-hydrogen) atoms. The van der Waals surface area contributed by atoms with Crippen molar-refractivity contribution in [2.75, 3.05) is 0 Å². The van der Waals surface area contributed by atoms with Gasteiger partial charge in [-0.25, -0.2) is 0 Å². The molecule has 3 rings (SSSR count). The Kier molecular flexibility index (Phi) is 3.50. The average Bonchev–Trinajstić information content (AvgIpc) is 2.91. The van der Waals surface area contributed by atoms with Crippen molar-refractivity contribution in [3.05, 3.63) is 75.2 Å². The lowest BCUT2D eigenvalue weighted by molar-refractivity contribution is -0.385. The number of nitro groups is 1. The number of hydrogen-bond acceptors (Lipinski definition) is 4.